The van der Waals surface area contributed by atoms with Gasteiger partial charge in [0, 0.05) is 24.3 Å². The van der Waals surface area contributed by atoms with Crippen LogP contribution < -0.4 is 0 Å². The van der Waals surface area contributed by atoms with Crippen LogP contribution in [0.3, 0.4) is 0 Å². The molecule has 0 aromatic heterocycles. The van der Waals surface area contributed by atoms with Gasteiger partial charge in [-0.1, -0.05) is 0 Å². The topological polar surface area (TPSA) is 115 Å². The Morgan fingerprint density at radius 3 is 1.10 bits per heavy atom. The molecule has 8 nitrogen and oxygen atoms in total. The van der Waals surface area contributed by atoms with Gasteiger partial charge < -0.3 is 10.2 Å². The van der Waals surface area contributed by atoms with Gasteiger partial charge in [0.25, 0.3) is 23.6 Å². The molecule has 4 amide bonds. The number of hydrogen-bond donors (Lipinski definition) is 2. The standard InChI is InChI=1S/C12H12N2O6/c1-11(19,13-7(15)3-4-8(13)16)12(2,20)14-9(17)5-6-10(14)18/h3-6,19-20H,1-2H3. The van der Waals surface area contributed by atoms with E-state index in [9.17, 15) is 29.4 Å². The van der Waals surface area contributed by atoms with E-state index in [0.717, 1.165) is 38.2 Å². The van der Waals surface area contributed by atoms with Crippen molar-refractivity contribution in [3.05, 3.63) is 24.3 Å². The van der Waals surface area contributed by atoms with Gasteiger partial charge in [-0.2, -0.15) is 0 Å². The van der Waals surface area contributed by atoms with Crippen LogP contribution in [0, 0.1) is 0 Å². The van der Waals surface area contributed by atoms with Crippen LogP contribution in [0.2, 0.25) is 0 Å². The maximum absolute atomic E-state index is 11.6. The summed E-state index contributed by atoms with van der Waals surface area (Å²) in [6.45, 7) is 1.93. The van der Waals surface area contributed by atoms with Crippen molar-refractivity contribution in [3.8, 4) is 0 Å². The largest absolute Gasteiger partial charge is 0.366 e. The Morgan fingerprint density at radius 2 is 0.900 bits per heavy atom. The minimum absolute atomic E-state index is 0.381. The monoisotopic (exact) mass is 280 g/mol. The highest BCUT2D eigenvalue weighted by Gasteiger charge is 2.58. The summed E-state index contributed by atoms with van der Waals surface area (Å²) in [4.78, 5) is 47.2. The molecule has 0 saturated heterocycles. The fraction of sp³-hybridized carbons (Fsp3) is 0.333. The summed E-state index contributed by atoms with van der Waals surface area (Å²) in [6, 6.07) is 0. The van der Waals surface area contributed by atoms with Crippen LogP contribution in [0.5, 0.6) is 0 Å². The van der Waals surface area contributed by atoms with Gasteiger partial charge in [0.05, 0.1) is 0 Å². The molecule has 0 aliphatic carbocycles. The van der Waals surface area contributed by atoms with Crippen molar-refractivity contribution in [2.45, 2.75) is 25.3 Å². The van der Waals surface area contributed by atoms with E-state index in [-0.39, 0.29) is 0 Å². The van der Waals surface area contributed by atoms with E-state index in [0.29, 0.717) is 9.80 Å². The Labute approximate surface area is 113 Å². The predicted molar refractivity (Wildman–Crippen MR) is 63.2 cm³/mol. The van der Waals surface area contributed by atoms with E-state index < -0.39 is 35.1 Å². The first-order valence-corrected chi connectivity index (χ1v) is 5.68. The molecular weight excluding hydrogens is 268 g/mol. The van der Waals surface area contributed by atoms with Crippen molar-refractivity contribution in [1.82, 2.24) is 9.80 Å². The number of amides is 4. The Bertz CT molecular complexity index is 499. The molecule has 2 unspecified atom stereocenters. The lowest BCUT2D eigenvalue weighted by molar-refractivity contribution is -0.253. The Balaban J connectivity index is 2.42. The molecule has 0 bridgehead atoms. The van der Waals surface area contributed by atoms with Crippen LogP contribution >= 0.6 is 0 Å². The minimum atomic E-state index is -2.48. The first-order chi connectivity index (χ1) is 9.10. The molecule has 2 N–H and O–H groups in total. The third-order valence-corrected chi connectivity index (χ3v) is 3.39. The maximum atomic E-state index is 11.6. The molecule has 2 aliphatic rings. The van der Waals surface area contributed by atoms with Gasteiger partial charge >= 0.3 is 0 Å². The van der Waals surface area contributed by atoms with Gasteiger partial charge in [0.2, 0.25) is 0 Å². The highest BCUT2D eigenvalue weighted by molar-refractivity contribution is 6.15. The van der Waals surface area contributed by atoms with E-state index in [4.69, 9.17) is 0 Å². The number of rotatable bonds is 3. The summed E-state index contributed by atoms with van der Waals surface area (Å²) >= 11 is 0. The summed E-state index contributed by atoms with van der Waals surface area (Å²) in [6.07, 6.45) is 3.66. The van der Waals surface area contributed by atoms with Gasteiger partial charge in [-0.25, -0.2) is 9.80 Å². The summed E-state index contributed by atoms with van der Waals surface area (Å²) < 4.78 is 0. The lowest BCUT2D eigenvalue weighted by Gasteiger charge is -2.46. The molecule has 20 heavy (non-hydrogen) atoms. The minimum Gasteiger partial charge on any atom is -0.366 e. The molecule has 2 atom stereocenters. The zero-order valence-electron chi connectivity index (χ0n) is 10.7. The van der Waals surface area contributed by atoms with Crippen molar-refractivity contribution in [1.29, 1.82) is 0 Å². The van der Waals surface area contributed by atoms with Crippen LogP contribution in [0.4, 0.5) is 0 Å². The molecule has 0 spiro atoms. The molecular formula is C12H12N2O6. The normalized spacial score (nSPS) is 24.6. The summed E-state index contributed by atoms with van der Waals surface area (Å²) in [5.74, 6) is -3.42. The van der Waals surface area contributed by atoms with Crippen molar-refractivity contribution in [3.63, 3.8) is 0 Å². The Hall–Kier alpha value is -2.32. The van der Waals surface area contributed by atoms with Gasteiger partial charge in [-0.15, -0.1) is 0 Å². The van der Waals surface area contributed by atoms with E-state index in [2.05, 4.69) is 0 Å². The van der Waals surface area contributed by atoms with Gasteiger partial charge in [-0.3, -0.25) is 19.2 Å². The second-order valence-corrected chi connectivity index (χ2v) is 4.73. The Morgan fingerprint density at radius 1 is 0.700 bits per heavy atom. The number of aliphatic hydroxyl groups is 2. The van der Waals surface area contributed by atoms with Crippen LogP contribution in [-0.4, -0.2) is 55.1 Å². The number of imide groups is 2. The fourth-order valence-corrected chi connectivity index (χ4v) is 2.08. The lowest BCUT2D eigenvalue weighted by atomic mass is 9.99. The van der Waals surface area contributed by atoms with E-state index >= 15 is 0 Å². The summed E-state index contributed by atoms with van der Waals surface area (Å²) in [5.41, 5.74) is -4.97. The smallest absolute Gasteiger partial charge is 0.256 e. The van der Waals surface area contributed by atoms with Crippen LogP contribution in [0.15, 0.2) is 24.3 Å². The third kappa shape index (κ3) is 1.69. The molecule has 2 rings (SSSR count). The molecule has 0 fully saturated rings. The molecule has 2 aliphatic heterocycles. The second-order valence-electron chi connectivity index (χ2n) is 4.73. The molecule has 8 heteroatoms. The van der Waals surface area contributed by atoms with Crippen molar-refractivity contribution in [2.24, 2.45) is 0 Å². The first-order valence-electron chi connectivity index (χ1n) is 5.68. The van der Waals surface area contributed by atoms with Crippen molar-refractivity contribution < 1.29 is 29.4 Å². The van der Waals surface area contributed by atoms with E-state index in [1.165, 1.54) is 0 Å². The first kappa shape index (κ1) is 14.1. The van der Waals surface area contributed by atoms with Crippen molar-refractivity contribution >= 4 is 23.6 Å². The number of hydrogen-bond acceptors (Lipinski definition) is 6. The molecule has 0 aromatic rings. The summed E-state index contributed by atoms with van der Waals surface area (Å²) in [7, 11) is 0. The average molecular weight is 280 g/mol. The fourth-order valence-electron chi connectivity index (χ4n) is 2.08. The van der Waals surface area contributed by atoms with Gasteiger partial charge in [0.1, 0.15) is 0 Å². The molecule has 0 aromatic carbocycles. The van der Waals surface area contributed by atoms with Crippen LogP contribution in [0.25, 0.3) is 0 Å². The van der Waals surface area contributed by atoms with Gasteiger partial charge in [-0.05, 0) is 13.8 Å². The van der Waals surface area contributed by atoms with Crippen LogP contribution in [0.1, 0.15) is 13.8 Å². The highest BCUT2D eigenvalue weighted by Crippen LogP contribution is 2.33. The highest BCUT2D eigenvalue weighted by atomic mass is 16.4. The lowest BCUT2D eigenvalue weighted by Crippen LogP contribution is -2.70. The third-order valence-electron chi connectivity index (χ3n) is 3.39. The predicted octanol–water partition coefficient (Wildman–Crippen LogP) is -1.75. The molecule has 106 valence electrons. The molecule has 0 radical (unpaired) electrons. The Kier molecular flexibility index (Phi) is 2.88. The summed E-state index contributed by atoms with van der Waals surface area (Å²) in [5, 5.41) is 20.8. The van der Waals surface area contributed by atoms with E-state index in [1.807, 2.05) is 0 Å². The van der Waals surface area contributed by atoms with E-state index in [1.54, 1.807) is 0 Å². The SMILES string of the molecule is CC(O)(N1C(=O)C=CC1=O)C(C)(O)N1C(=O)C=CC1=O. The van der Waals surface area contributed by atoms with Crippen LogP contribution in [-0.2, 0) is 19.2 Å². The number of carbonyl (C=O) groups is 4. The zero-order valence-corrected chi connectivity index (χ0v) is 10.7. The second kappa shape index (κ2) is 4.09. The molecule has 2 heterocycles. The molecule has 0 saturated carbocycles. The number of nitrogens with zero attached hydrogens (tertiary/aromatic N) is 2. The average Bonchev–Trinajstić information content (AvgIpc) is 2.82. The maximum Gasteiger partial charge on any atom is 0.256 e. The van der Waals surface area contributed by atoms with Crippen molar-refractivity contribution in [2.75, 3.05) is 0 Å². The quantitative estimate of drug-likeness (QED) is 0.593. The van der Waals surface area contributed by atoms with Gasteiger partial charge in [0.15, 0.2) is 11.4 Å². The zero-order chi connectivity index (χ0) is 15.3. The number of carbonyl (C=O) groups excluding carboxylic acids is 4.